The van der Waals surface area contributed by atoms with E-state index in [1.165, 1.54) is 16.7 Å². The van der Waals surface area contributed by atoms with E-state index in [-0.39, 0.29) is 23.4 Å². The Hall–Kier alpha value is -1.08. The van der Waals surface area contributed by atoms with Crippen molar-refractivity contribution in [3.8, 4) is 0 Å². The highest BCUT2D eigenvalue weighted by atomic mass is 32.2. The van der Waals surface area contributed by atoms with Gasteiger partial charge >= 0.3 is 6.09 Å². The summed E-state index contributed by atoms with van der Waals surface area (Å²) in [7, 11) is 3.53. The van der Waals surface area contributed by atoms with Crippen LogP contribution in [0.3, 0.4) is 0 Å². The molecule has 5 nitrogen and oxygen atoms in total. The van der Waals surface area contributed by atoms with Crippen molar-refractivity contribution in [2.45, 2.75) is 39.8 Å². The minimum Gasteiger partial charge on any atom is -0.401 e. The van der Waals surface area contributed by atoms with Crippen LogP contribution in [0, 0.1) is 11.8 Å². The molecule has 0 N–H and O–H groups in total. The van der Waals surface area contributed by atoms with Gasteiger partial charge in [-0.1, -0.05) is 34.3 Å². The lowest BCUT2D eigenvalue weighted by Gasteiger charge is -2.22. The number of amides is 2. The van der Waals surface area contributed by atoms with Gasteiger partial charge < -0.3 is 9.64 Å². The van der Waals surface area contributed by atoms with Gasteiger partial charge in [-0.2, -0.15) is 0 Å². The van der Waals surface area contributed by atoms with Crippen molar-refractivity contribution in [3.63, 3.8) is 0 Å². The van der Waals surface area contributed by atoms with Crippen molar-refractivity contribution in [2.75, 3.05) is 14.1 Å². The summed E-state index contributed by atoms with van der Waals surface area (Å²) in [6.07, 6.45) is -0.339. The van der Waals surface area contributed by atoms with E-state index in [1.54, 1.807) is 11.9 Å². The number of carbonyl (C=O) groups is 2. The minimum absolute atomic E-state index is 0.0301. The molecule has 2 heterocycles. The molecular formula is C15H24N2O3S2. The number of rotatable bonds is 2. The molecule has 0 aromatic carbocycles. The fourth-order valence-electron chi connectivity index (χ4n) is 2.60. The summed E-state index contributed by atoms with van der Waals surface area (Å²) in [5.74, 6) is 0.783. The lowest BCUT2D eigenvalue weighted by Crippen LogP contribution is -2.35. The van der Waals surface area contributed by atoms with Crippen molar-refractivity contribution < 1.29 is 14.3 Å². The first-order valence-electron chi connectivity index (χ1n) is 7.19. The molecule has 0 aliphatic carbocycles. The molecule has 2 atom stereocenters. The molecule has 2 rings (SSSR count). The number of nitrogens with zero attached hydrogens (tertiary/aromatic N) is 2. The van der Waals surface area contributed by atoms with Gasteiger partial charge in [0.25, 0.3) is 5.24 Å². The molecule has 2 fully saturated rings. The molecule has 124 valence electrons. The fourth-order valence-corrected chi connectivity index (χ4v) is 4.14. The van der Waals surface area contributed by atoms with Crippen LogP contribution in [-0.4, -0.2) is 52.4 Å². The number of cyclic esters (lactones) is 1. The van der Waals surface area contributed by atoms with Crippen molar-refractivity contribution in [2.24, 2.45) is 11.8 Å². The first-order valence-corrected chi connectivity index (χ1v) is 8.42. The number of hydrogen-bond acceptors (Lipinski definition) is 5. The highest BCUT2D eigenvalue weighted by molar-refractivity contribution is 8.17. The number of likely N-dealkylation sites (N-methyl/N-ethyl adjacent to an activating group) is 2. The molecule has 2 aliphatic heterocycles. The van der Waals surface area contributed by atoms with Crippen LogP contribution in [0.25, 0.3) is 0 Å². The van der Waals surface area contributed by atoms with Crippen molar-refractivity contribution >= 4 is 40.4 Å². The predicted octanol–water partition coefficient (Wildman–Crippen LogP) is 3.74. The average molecular weight is 345 g/mol. The standard InChI is InChI=1S/C8H13NOS.C7H11NO2S/c1-5(2)7-6(3)11-8(10)9(7)4;1-4(2)5-6(11)10-7(9)8(5)3/h5,7H,3H2,1-2,4H3;4-5H,1-3H3. The number of carbonyl (C=O) groups excluding carboxylic acids is 2. The molecule has 2 amide bonds. The maximum atomic E-state index is 11.1. The van der Waals surface area contributed by atoms with Crippen LogP contribution in [0.4, 0.5) is 9.59 Å². The third-order valence-electron chi connectivity index (χ3n) is 3.65. The zero-order valence-electron chi connectivity index (χ0n) is 14.0. The Morgan fingerprint density at radius 1 is 1.09 bits per heavy atom. The largest absolute Gasteiger partial charge is 0.416 e. The normalized spacial score (nSPS) is 25.1. The average Bonchev–Trinajstić information content (AvgIpc) is 2.77. The second-order valence-electron chi connectivity index (χ2n) is 6.12. The highest BCUT2D eigenvalue weighted by Crippen LogP contribution is 2.35. The molecule has 0 radical (unpaired) electrons. The van der Waals surface area contributed by atoms with E-state index in [9.17, 15) is 9.59 Å². The van der Waals surface area contributed by atoms with E-state index in [0.29, 0.717) is 16.9 Å². The Labute approximate surface area is 142 Å². The van der Waals surface area contributed by atoms with Gasteiger partial charge in [0.05, 0.1) is 6.04 Å². The summed E-state index contributed by atoms with van der Waals surface area (Å²) >= 11 is 6.14. The van der Waals surface area contributed by atoms with Crippen LogP contribution >= 0.6 is 24.0 Å². The van der Waals surface area contributed by atoms with Gasteiger partial charge in [0.1, 0.15) is 6.04 Å². The molecule has 0 spiro atoms. The first-order chi connectivity index (χ1) is 10.1. The number of thiocarbonyl (C=S) groups is 1. The summed E-state index contributed by atoms with van der Waals surface area (Å²) in [6.45, 7) is 12.1. The summed E-state index contributed by atoms with van der Waals surface area (Å²) in [6, 6.07) is 0.199. The third-order valence-corrected chi connectivity index (χ3v) is 4.94. The number of ether oxygens (including phenoxy) is 1. The van der Waals surface area contributed by atoms with Gasteiger partial charge in [-0.05, 0) is 35.8 Å². The monoisotopic (exact) mass is 344 g/mol. The van der Waals surface area contributed by atoms with E-state index >= 15 is 0 Å². The molecule has 2 aliphatic rings. The van der Waals surface area contributed by atoms with Gasteiger partial charge in [-0.25, -0.2) is 4.79 Å². The summed E-state index contributed by atoms with van der Waals surface area (Å²) in [5.41, 5.74) is 0. The quantitative estimate of drug-likeness (QED) is 0.714. The Kier molecular flexibility index (Phi) is 6.43. The van der Waals surface area contributed by atoms with Crippen molar-refractivity contribution in [3.05, 3.63) is 11.5 Å². The van der Waals surface area contributed by atoms with Gasteiger partial charge in [-0.15, -0.1) is 0 Å². The zero-order valence-corrected chi connectivity index (χ0v) is 15.6. The van der Waals surface area contributed by atoms with Crippen LogP contribution in [0.2, 0.25) is 0 Å². The number of hydrogen-bond donors (Lipinski definition) is 0. The van der Waals surface area contributed by atoms with E-state index in [4.69, 9.17) is 17.0 Å². The summed E-state index contributed by atoms with van der Waals surface area (Å²) in [5, 5.41) is 0.515. The Morgan fingerprint density at radius 3 is 1.77 bits per heavy atom. The van der Waals surface area contributed by atoms with E-state index in [1.807, 2.05) is 20.9 Å². The Bertz CT molecular complexity index is 447. The molecule has 0 aromatic rings. The SMILES string of the molecule is C=C1SC(=O)N(C)C1C(C)C.CC(C)C1C(=S)OC(=O)N1C. The van der Waals surface area contributed by atoms with Gasteiger partial charge in [-0.3, -0.25) is 9.69 Å². The summed E-state index contributed by atoms with van der Waals surface area (Å²) < 4.78 is 4.77. The van der Waals surface area contributed by atoms with Gasteiger partial charge in [0.2, 0.25) is 0 Å². The molecule has 2 saturated heterocycles. The second kappa shape index (κ2) is 7.46. The topological polar surface area (TPSA) is 49.9 Å². The van der Waals surface area contributed by atoms with E-state index in [0.717, 1.165) is 4.91 Å². The minimum atomic E-state index is -0.339. The molecule has 2 unspecified atom stereocenters. The fraction of sp³-hybridized carbons (Fsp3) is 0.667. The smallest absolute Gasteiger partial charge is 0.401 e. The summed E-state index contributed by atoms with van der Waals surface area (Å²) in [4.78, 5) is 26.3. The van der Waals surface area contributed by atoms with Crippen molar-refractivity contribution in [1.82, 2.24) is 9.80 Å². The molecule has 0 aromatic heterocycles. The van der Waals surface area contributed by atoms with Gasteiger partial charge in [0.15, 0.2) is 5.05 Å². The van der Waals surface area contributed by atoms with Crippen LogP contribution < -0.4 is 0 Å². The molecule has 0 bridgehead atoms. The van der Waals surface area contributed by atoms with Crippen LogP contribution in [0.1, 0.15) is 27.7 Å². The van der Waals surface area contributed by atoms with Gasteiger partial charge in [0, 0.05) is 19.0 Å². The highest BCUT2D eigenvalue weighted by Gasteiger charge is 2.37. The molecule has 22 heavy (non-hydrogen) atoms. The first kappa shape index (κ1) is 19.0. The lowest BCUT2D eigenvalue weighted by molar-refractivity contribution is 0.175. The molecule has 0 saturated carbocycles. The third kappa shape index (κ3) is 4.01. The second-order valence-corrected chi connectivity index (χ2v) is 7.60. The van der Waals surface area contributed by atoms with Crippen LogP contribution in [0.15, 0.2) is 11.5 Å². The lowest BCUT2D eigenvalue weighted by atomic mass is 10.0. The zero-order chi connectivity index (χ0) is 17.2. The molecule has 7 heteroatoms. The Balaban J connectivity index is 0.000000220. The van der Waals surface area contributed by atoms with E-state index < -0.39 is 0 Å². The van der Waals surface area contributed by atoms with Crippen LogP contribution in [-0.2, 0) is 4.74 Å². The van der Waals surface area contributed by atoms with E-state index in [2.05, 4.69) is 20.4 Å². The predicted molar refractivity (Wildman–Crippen MR) is 94.0 cm³/mol. The number of thioether (sulfide) groups is 1. The van der Waals surface area contributed by atoms with Crippen LogP contribution in [0.5, 0.6) is 0 Å². The molecular weight excluding hydrogens is 320 g/mol. The Morgan fingerprint density at radius 2 is 1.59 bits per heavy atom. The maximum Gasteiger partial charge on any atom is 0.416 e. The van der Waals surface area contributed by atoms with Crippen molar-refractivity contribution in [1.29, 1.82) is 0 Å². The maximum absolute atomic E-state index is 11.1.